The van der Waals surface area contributed by atoms with Crippen molar-refractivity contribution in [2.24, 2.45) is 27.6 Å². The molecular formula is C20H34O3. The Morgan fingerprint density at radius 1 is 1.17 bits per heavy atom. The zero-order valence-electron chi connectivity index (χ0n) is 15.7. The highest BCUT2D eigenvalue weighted by molar-refractivity contribution is 5.81. The maximum atomic E-state index is 12.7. The van der Waals surface area contributed by atoms with Crippen LogP contribution in [0.15, 0.2) is 0 Å². The summed E-state index contributed by atoms with van der Waals surface area (Å²) in [6, 6.07) is 0. The van der Waals surface area contributed by atoms with Crippen molar-refractivity contribution in [2.75, 3.05) is 13.4 Å². The smallest absolute Gasteiger partial charge is 0.314 e. The van der Waals surface area contributed by atoms with Crippen molar-refractivity contribution in [3.63, 3.8) is 0 Å². The van der Waals surface area contributed by atoms with Crippen molar-refractivity contribution in [3.05, 3.63) is 0 Å². The van der Waals surface area contributed by atoms with Crippen LogP contribution in [0.1, 0.15) is 79.6 Å². The lowest BCUT2D eigenvalue weighted by Crippen LogP contribution is -2.30. The molecule has 0 heterocycles. The first-order valence-electron chi connectivity index (χ1n) is 9.33. The van der Waals surface area contributed by atoms with E-state index in [0.717, 1.165) is 25.4 Å². The van der Waals surface area contributed by atoms with Gasteiger partial charge >= 0.3 is 5.97 Å². The summed E-state index contributed by atoms with van der Waals surface area (Å²) in [5.41, 5.74) is 0.285. The van der Waals surface area contributed by atoms with Crippen molar-refractivity contribution in [3.8, 4) is 0 Å². The van der Waals surface area contributed by atoms with Crippen molar-refractivity contribution >= 4 is 5.97 Å². The average Bonchev–Trinajstić information content (AvgIpc) is 2.82. The molecule has 1 unspecified atom stereocenters. The zero-order chi connectivity index (χ0) is 16.9. The third-order valence-electron chi connectivity index (χ3n) is 6.71. The highest BCUT2D eigenvalue weighted by Gasteiger charge is 2.67. The van der Waals surface area contributed by atoms with Crippen LogP contribution in [-0.2, 0) is 14.3 Å². The lowest BCUT2D eigenvalue weighted by molar-refractivity contribution is -0.168. The maximum Gasteiger partial charge on any atom is 0.314 e. The monoisotopic (exact) mass is 322 g/mol. The molecule has 0 spiro atoms. The summed E-state index contributed by atoms with van der Waals surface area (Å²) in [6.07, 6.45) is 8.47. The lowest BCUT2D eigenvalue weighted by atomic mass is 9.79. The first-order valence-corrected chi connectivity index (χ1v) is 9.33. The fourth-order valence-corrected chi connectivity index (χ4v) is 5.34. The van der Waals surface area contributed by atoms with Gasteiger partial charge in [0, 0.05) is 0 Å². The van der Waals surface area contributed by atoms with E-state index in [1.54, 1.807) is 0 Å². The second kappa shape index (κ2) is 5.47. The Labute approximate surface area is 141 Å². The molecule has 3 aliphatic rings. The Kier molecular flexibility index (Phi) is 4.11. The molecule has 0 aromatic rings. The molecule has 2 bridgehead atoms. The molecule has 3 saturated carbocycles. The van der Waals surface area contributed by atoms with E-state index in [-0.39, 0.29) is 29.0 Å². The summed E-state index contributed by atoms with van der Waals surface area (Å²) >= 11 is 0. The van der Waals surface area contributed by atoms with Gasteiger partial charge < -0.3 is 9.47 Å². The van der Waals surface area contributed by atoms with Crippen LogP contribution in [0.2, 0.25) is 0 Å². The van der Waals surface area contributed by atoms with Crippen molar-refractivity contribution in [1.82, 2.24) is 0 Å². The Morgan fingerprint density at radius 3 is 2.22 bits per heavy atom. The first-order chi connectivity index (χ1) is 10.6. The standard InChI is InChI=1S/C20H34O3/c1-17(2,3)11-20(12-18(20,4)5)16(21)23-14-22-13-19-8-6-15(10-19)7-9-19/h15H,6-14H2,1-5H3. The van der Waals surface area contributed by atoms with E-state index in [0.29, 0.717) is 5.41 Å². The quantitative estimate of drug-likeness (QED) is 0.395. The van der Waals surface area contributed by atoms with Gasteiger partial charge in [-0.25, -0.2) is 0 Å². The summed E-state index contributed by atoms with van der Waals surface area (Å²) in [6.45, 7) is 11.8. The predicted molar refractivity (Wildman–Crippen MR) is 90.8 cm³/mol. The molecule has 132 valence electrons. The molecule has 0 amide bonds. The van der Waals surface area contributed by atoms with Gasteiger partial charge in [0.1, 0.15) is 0 Å². The van der Waals surface area contributed by atoms with Gasteiger partial charge in [0.2, 0.25) is 0 Å². The van der Waals surface area contributed by atoms with E-state index in [1.807, 2.05) is 0 Å². The summed E-state index contributed by atoms with van der Waals surface area (Å²) in [5, 5.41) is 0. The van der Waals surface area contributed by atoms with Crippen molar-refractivity contribution < 1.29 is 14.3 Å². The third kappa shape index (κ3) is 3.31. The molecule has 3 nitrogen and oxygen atoms in total. The zero-order valence-corrected chi connectivity index (χ0v) is 15.7. The Morgan fingerprint density at radius 2 is 1.78 bits per heavy atom. The minimum Gasteiger partial charge on any atom is -0.438 e. The minimum atomic E-state index is -0.307. The SMILES string of the molecule is CC(C)(C)CC1(C(=O)OCOCC23CCC(CC2)C3)CC1(C)C. The van der Waals surface area contributed by atoms with E-state index in [1.165, 1.54) is 32.1 Å². The Balaban J connectivity index is 1.47. The molecule has 0 saturated heterocycles. The summed E-state index contributed by atoms with van der Waals surface area (Å²) in [7, 11) is 0. The van der Waals surface area contributed by atoms with Crippen molar-refractivity contribution in [2.45, 2.75) is 79.6 Å². The summed E-state index contributed by atoms with van der Waals surface area (Å²) < 4.78 is 11.3. The van der Waals surface area contributed by atoms with Crippen LogP contribution in [-0.4, -0.2) is 19.4 Å². The second-order valence-corrected chi connectivity index (χ2v) is 10.4. The highest BCUT2D eigenvalue weighted by Crippen LogP contribution is 2.68. The van der Waals surface area contributed by atoms with Gasteiger partial charge in [-0.2, -0.15) is 0 Å². The van der Waals surface area contributed by atoms with Gasteiger partial charge in [0.05, 0.1) is 12.0 Å². The number of rotatable bonds is 6. The van der Waals surface area contributed by atoms with Crippen LogP contribution in [0.3, 0.4) is 0 Å². The van der Waals surface area contributed by atoms with Crippen molar-refractivity contribution in [1.29, 1.82) is 0 Å². The van der Waals surface area contributed by atoms with E-state index < -0.39 is 0 Å². The molecular weight excluding hydrogens is 288 g/mol. The average molecular weight is 322 g/mol. The maximum absolute atomic E-state index is 12.7. The lowest BCUT2D eigenvalue weighted by Gasteiger charge is -2.28. The molecule has 3 aliphatic carbocycles. The number of ether oxygens (including phenoxy) is 2. The highest BCUT2D eigenvalue weighted by atomic mass is 16.7. The molecule has 0 aromatic carbocycles. The second-order valence-electron chi connectivity index (χ2n) is 10.4. The fourth-order valence-electron chi connectivity index (χ4n) is 5.34. The van der Waals surface area contributed by atoms with Crippen LogP contribution in [0, 0.1) is 27.6 Å². The van der Waals surface area contributed by atoms with Crippen LogP contribution in [0.4, 0.5) is 0 Å². The van der Waals surface area contributed by atoms with Gasteiger partial charge in [-0.15, -0.1) is 0 Å². The van der Waals surface area contributed by atoms with Gasteiger partial charge in [0.15, 0.2) is 6.79 Å². The minimum absolute atomic E-state index is 0.0503. The van der Waals surface area contributed by atoms with Crippen LogP contribution < -0.4 is 0 Å². The number of esters is 1. The first kappa shape index (κ1) is 17.3. The van der Waals surface area contributed by atoms with Gasteiger partial charge in [-0.05, 0) is 67.1 Å². The Bertz CT molecular complexity index is 466. The molecule has 3 rings (SSSR count). The largest absolute Gasteiger partial charge is 0.438 e. The Hall–Kier alpha value is -0.570. The summed E-state index contributed by atoms with van der Waals surface area (Å²) in [5.74, 6) is 0.883. The molecule has 3 heteroatoms. The van der Waals surface area contributed by atoms with Gasteiger partial charge in [-0.1, -0.05) is 34.6 Å². The number of fused-ring (bicyclic) bond motifs is 2. The van der Waals surface area contributed by atoms with Crippen LogP contribution >= 0.6 is 0 Å². The van der Waals surface area contributed by atoms with Crippen LogP contribution in [0.5, 0.6) is 0 Å². The fraction of sp³-hybridized carbons (Fsp3) is 0.950. The third-order valence-corrected chi connectivity index (χ3v) is 6.71. The topological polar surface area (TPSA) is 35.5 Å². The van der Waals surface area contributed by atoms with Gasteiger partial charge in [-0.3, -0.25) is 4.79 Å². The van der Waals surface area contributed by atoms with Crippen LogP contribution in [0.25, 0.3) is 0 Å². The van der Waals surface area contributed by atoms with E-state index in [2.05, 4.69) is 34.6 Å². The summed E-state index contributed by atoms with van der Waals surface area (Å²) in [4.78, 5) is 12.7. The molecule has 1 atom stereocenters. The molecule has 0 N–H and O–H groups in total. The molecule has 0 aliphatic heterocycles. The van der Waals surface area contributed by atoms with E-state index >= 15 is 0 Å². The normalized spacial score (nSPS) is 37.9. The molecule has 0 aromatic heterocycles. The number of hydrogen-bond donors (Lipinski definition) is 0. The van der Waals surface area contributed by atoms with E-state index in [4.69, 9.17) is 9.47 Å². The van der Waals surface area contributed by atoms with E-state index in [9.17, 15) is 4.79 Å². The number of hydrogen-bond acceptors (Lipinski definition) is 3. The predicted octanol–water partition coefficient (Wildman–Crippen LogP) is 4.94. The molecule has 23 heavy (non-hydrogen) atoms. The van der Waals surface area contributed by atoms with Gasteiger partial charge in [0.25, 0.3) is 0 Å². The number of carbonyl (C=O) groups is 1. The molecule has 3 fully saturated rings. The number of carbonyl (C=O) groups excluding carboxylic acids is 1. The molecule has 0 radical (unpaired) electrons.